The second kappa shape index (κ2) is 2.23. The Bertz CT molecular complexity index is 131. The summed E-state index contributed by atoms with van der Waals surface area (Å²) in [6.45, 7) is 2.25. The molecule has 1 heteroatoms. The van der Waals surface area contributed by atoms with Gasteiger partial charge in [-0.25, -0.2) is 0 Å². The first kappa shape index (κ1) is 6.66. The lowest BCUT2D eigenvalue weighted by Crippen LogP contribution is -2.23. The van der Waals surface area contributed by atoms with Gasteiger partial charge >= 0.3 is 0 Å². The Morgan fingerprint density at radius 2 is 2.10 bits per heavy atom. The van der Waals surface area contributed by atoms with Crippen molar-refractivity contribution < 1.29 is 5.11 Å². The molecule has 2 rings (SSSR count). The molecule has 0 amide bonds. The van der Waals surface area contributed by atoms with Crippen molar-refractivity contribution in [2.75, 3.05) is 0 Å². The van der Waals surface area contributed by atoms with E-state index in [4.69, 9.17) is 0 Å². The molecule has 0 radical (unpaired) electrons. The molecule has 0 heterocycles. The molecule has 0 unspecified atom stereocenters. The third kappa shape index (κ3) is 0.800. The first-order chi connectivity index (χ1) is 4.81. The largest absolute Gasteiger partial charge is 0.393 e. The molecule has 2 saturated carbocycles. The van der Waals surface area contributed by atoms with E-state index in [2.05, 4.69) is 6.92 Å². The lowest BCUT2D eigenvalue weighted by Gasteiger charge is -2.24. The Morgan fingerprint density at radius 3 is 2.50 bits per heavy atom. The summed E-state index contributed by atoms with van der Waals surface area (Å²) in [5, 5.41) is 9.52. The molecule has 0 saturated heterocycles. The zero-order valence-corrected chi connectivity index (χ0v) is 6.59. The van der Waals surface area contributed by atoms with Crippen molar-refractivity contribution in [3.8, 4) is 0 Å². The summed E-state index contributed by atoms with van der Waals surface area (Å²) in [5.74, 6) is 2.41. The van der Waals surface area contributed by atoms with E-state index in [9.17, 15) is 5.11 Å². The molecule has 2 fully saturated rings. The molecular weight excluding hydrogens is 124 g/mol. The van der Waals surface area contributed by atoms with Gasteiger partial charge in [-0.05, 0) is 37.0 Å². The summed E-state index contributed by atoms with van der Waals surface area (Å²) in [7, 11) is 0. The summed E-state index contributed by atoms with van der Waals surface area (Å²) in [5.41, 5.74) is 0. The van der Waals surface area contributed by atoms with Gasteiger partial charge in [-0.15, -0.1) is 0 Å². The second-order valence-corrected chi connectivity index (χ2v) is 3.97. The third-order valence-electron chi connectivity index (χ3n) is 3.44. The van der Waals surface area contributed by atoms with E-state index >= 15 is 0 Å². The van der Waals surface area contributed by atoms with Crippen LogP contribution in [0.25, 0.3) is 0 Å². The minimum Gasteiger partial charge on any atom is -0.393 e. The molecule has 1 nitrogen and oxygen atoms in total. The predicted molar refractivity (Wildman–Crippen MR) is 40.6 cm³/mol. The Labute approximate surface area is 62.4 Å². The van der Waals surface area contributed by atoms with Gasteiger partial charge in [-0.3, -0.25) is 0 Å². The van der Waals surface area contributed by atoms with E-state index < -0.39 is 0 Å². The number of hydrogen-bond acceptors (Lipinski definition) is 1. The van der Waals surface area contributed by atoms with Crippen LogP contribution in [0.2, 0.25) is 0 Å². The zero-order valence-electron chi connectivity index (χ0n) is 6.59. The maximum Gasteiger partial charge on any atom is 0.0573 e. The van der Waals surface area contributed by atoms with E-state index in [-0.39, 0.29) is 6.10 Å². The fourth-order valence-corrected chi connectivity index (χ4v) is 2.93. The predicted octanol–water partition coefficient (Wildman–Crippen LogP) is 1.80. The number of rotatable bonds is 1. The molecule has 2 aliphatic carbocycles. The highest BCUT2D eigenvalue weighted by atomic mass is 16.3. The summed E-state index contributed by atoms with van der Waals surface area (Å²) in [6, 6.07) is 0. The Morgan fingerprint density at radius 1 is 1.30 bits per heavy atom. The average molecular weight is 140 g/mol. The molecule has 2 aliphatic rings. The molecule has 0 spiro atoms. The van der Waals surface area contributed by atoms with Crippen LogP contribution >= 0.6 is 0 Å². The van der Waals surface area contributed by atoms with Crippen LogP contribution in [-0.2, 0) is 0 Å². The van der Waals surface area contributed by atoms with E-state index in [1.54, 1.807) is 0 Å². The fourth-order valence-electron chi connectivity index (χ4n) is 2.93. The van der Waals surface area contributed by atoms with Crippen LogP contribution in [0, 0.1) is 17.8 Å². The second-order valence-electron chi connectivity index (χ2n) is 3.97. The maximum absolute atomic E-state index is 9.52. The molecule has 0 aliphatic heterocycles. The first-order valence-electron chi connectivity index (χ1n) is 4.49. The highest BCUT2D eigenvalue weighted by molar-refractivity contribution is 4.94. The van der Waals surface area contributed by atoms with Crippen molar-refractivity contribution >= 4 is 0 Å². The molecule has 2 bridgehead atoms. The Balaban J connectivity index is 2.06. The Kier molecular flexibility index (Phi) is 1.48. The van der Waals surface area contributed by atoms with Crippen LogP contribution in [-0.4, -0.2) is 11.2 Å². The summed E-state index contributed by atoms with van der Waals surface area (Å²) in [4.78, 5) is 0. The van der Waals surface area contributed by atoms with Gasteiger partial charge in [0.2, 0.25) is 0 Å². The third-order valence-corrected chi connectivity index (χ3v) is 3.44. The van der Waals surface area contributed by atoms with Crippen LogP contribution in [0.5, 0.6) is 0 Å². The van der Waals surface area contributed by atoms with Crippen molar-refractivity contribution in [2.24, 2.45) is 17.8 Å². The van der Waals surface area contributed by atoms with Gasteiger partial charge in [0.15, 0.2) is 0 Å². The molecule has 58 valence electrons. The molecule has 0 aromatic heterocycles. The molecular formula is C9H16O. The average Bonchev–Trinajstić information content (AvgIpc) is 2.44. The van der Waals surface area contributed by atoms with Gasteiger partial charge in [0.25, 0.3) is 0 Å². The fraction of sp³-hybridized carbons (Fsp3) is 1.00. The standard InChI is InChI=1S/C9H16O/c1-2-7-3-6-4-8(7)9(10)5-6/h6-10H,2-5H2,1H3/t6-,7+,8-,9+/m0/s1. The van der Waals surface area contributed by atoms with Crippen molar-refractivity contribution in [1.82, 2.24) is 0 Å². The number of fused-ring (bicyclic) bond motifs is 2. The van der Waals surface area contributed by atoms with Crippen molar-refractivity contribution in [3.63, 3.8) is 0 Å². The van der Waals surface area contributed by atoms with E-state index in [0.29, 0.717) is 5.92 Å². The smallest absolute Gasteiger partial charge is 0.0573 e. The zero-order chi connectivity index (χ0) is 7.14. The van der Waals surface area contributed by atoms with Gasteiger partial charge < -0.3 is 5.11 Å². The van der Waals surface area contributed by atoms with Crippen LogP contribution in [0.15, 0.2) is 0 Å². The normalized spacial score (nSPS) is 52.2. The van der Waals surface area contributed by atoms with Gasteiger partial charge in [0.1, 0.15) is 0 Å². The Hall–Kier alpha value is -0.0400. The molecule has 10 heavy (non-hydrogen) atoms. The lowest BCUT2D eigenvalue weighted by atomic mass is 9.85. The minimum absolute atomic E-state index is 0.0590. The minimum atomic E-state index is 0.0590. The molecule has 0 aromatic carbocycles. The maximum atomic E-state index is 9.52. The van der Waals surface area contributed by atoms with Gasteiger partial charge in [-0.1, -0.05) is 13.3 Å². The SMILES string of the molecule is CC[C@@H]1C[C@H]2C[C@@H]1[C@H](O)C2. The summed E-state index contributed by atoms with van der Waals surface area (Å²) < 4.78 is 0. The van der Waals surface area contributed by atoms with E-state index in [1.165, 1.54) is 19.3 Å². The lowest BCUT2D eigenvalue weighted by molar-refractivity contribution is 0.0796. The van der Waals surface area contributed by atoms with Crippen molar-refractivity contribution in [3.05, 3.63) is 0 Å². The van der Waals surface area contributed by atoms with E-state index in [0.717, 1.165) is 18.3 Å². The van der Waals surface area contributed by atoms with Crippen LogP contribution < -0.4 is 0 Å². The van der Waals surface area contributed by atoms with Crippen LogP contribution in [0.3, 0.4) is 0 Å². The quantitative estimate of drug-likeness (QED) is 0.589. The highest BCUT2D eigenvalue weighted by Crippen LogP contribution is 2.49. The van der Waals surface area contributed by atoms with Crippen LogP contribution in [0.4, 0.5) is 0 Å². The van der Waals surface area contributed by atoms with E-state index in [1.807, 2.05) is 0 Å². The first-order valence-corrected chi connectivity index (χ1v) is 4.49. The molecule has 0 aromatic rings. The topological polar surface area (TPSA) is 20.2 Å². The monoisotopic (exact) mass is 140 g/mol. The van der Waals surface area contributed by atoms with Gasteiger partial charge in [-0.2, -0.15) is 0 Å². The van der Waals surface area contributed by atoms with Gasteiger partial charge in [0.05, 0.1) is 6.10 Å². The number of aliphatic hydroxyl groups is 1. The number of aliphatic hydroxyl groups excluding tert-OH is 1. The van der Waals surface area contributed by atoms with Crippen molar-refractivity contribution in [1.29, 1.82) is 0 Å². The van der Waals surface area contributed by atoms with Crippen molar-refractivity contribution in [2.45, 2.75) is 38.7 Å². The molecule has 1 N–H and O–H groups in total. The molecule has 4 atom stereocenters. The number of hydrogen-bond donors (Lipinski definition) is 1. The highest BCUT2D eigenvalue weighted by Gasteiger charge is 2.44. The summed E-state index contributed by atoms with van der Waals surface area (Å²) in [6.07, 6.45) is 5.15. The van der Waals surface area contributed by atoms with Gasteiger partial charge in [0, 0.05) is 0 Å². The summed E-state index contributed by atoms with van der Waals surface area (Å²) >= 11 is 0. The van der Waals surface area contributed by atoms with Crippen LogP contribution in [0.1, 0.15) is 32.6 Å².